The Morgan fingerprint density at radius 1 is 1.44 bits per heavy atom. The third kappa shape index (κ3) is 3.27. The van der Waals surface area contributed by atoms with E-state index in [0.717, 1.165) is 12.7 Å². The first-order valence-electron chi connectivity index (χ1n) is 5.95. The van der Waals surface area contributed by atoms with Crippen LogP contribution in [0.2, 0.25) is 25.7 Å². The van der Waals surface area contributed by atoms with Gasteiger partial charge in [-0.2, -0.15) is 10.2 Å². The molecule has 0 amide bonds. The molecule has 0 fully saturated rings. The number of aromatic nitrogens is 4. The molecule has 6 nitrogen and oxygen atoms in total. The van der Waals surface area contributed by atoms with Crippen molar-refractivity contribution in [1.29, 1.82) is 0 Å². The highest BCUT2D eigenvalue weighted by Crippen LogP contribution is 2.09. The number of hydrogen-bond donors (Lipinski definition) is 1. The van der Waals surface area contributed by atoms with Gasteiger partial charge in [-0.05, 0) is 6.04 Å². The van der Waals surface area contributed by atoms with Crippen LogP contribution in [0, 0.1) is 0 Å². The number of hydrogen-bond acceptors (Lipinski definition) is 4. The lowest BCUT2D eigenvalue weighted by Gasteiger charge is -2.15. The van der Waals surface area contributed by atoms with Gasteiger partial charge in [0, 0.05) is 20.7 Å². The maximum absolute atomic E-state index is 11.2. The summed E-state index contributed by atoms with van der Waals surface area (Å²) in [6.07, 6.45) is 1.62. The number of ether oxygens (including phenoxy) is 1. The molecule has 0 saturated heterocycles. The van der Waals surface area contributed by atoms with Crippen molar-refractivity contribution in [2.75, 3.05) is 6.61 Å². The molecule has 0 aliphatic heterocycles. The fourth-order valence-electron chi connectivity index (χ4n) is 1.52. The minimum absolute atomic E-state index is 0.230. The van der Waals surface area contributed by atoms with Crippen LogP contribution in [0.1, 0.15) is 0 Å². The molecule has 2 rings (SSSR count). The van der Waals surface area contributed by atoms with Crippen molar-refractivity contribution in [1.82, 2.24) is 20.0 Å². The molecule has 0 aliphatic rings. The highest BCUT2D eigenvalue weighted by Gasteiger charge is 2.12. The lowest BCUT2D eigenvalue weighted by molar-refractivity contribution is 0.0817. The van der Waals surface area contributed by atoms with Crippen LogP contribution in [-0.4, -0.2) is 34.7 Å². The average molecular weight is 266 g/mol. The van der Waals surface area contributed by atoms with E-state index in [1.807, 2.05) is 0 Å². The fourth-order valence-corrected chi connectivity index (χ4v) is 2.28. The molecule has 2 aromatic heterocycles. The lowest BCUT2D eigenvalue weighted by Crippen LogP contribution is -2.22. The van der Waals surface area contributed by atoms with Gasteiger partial charge in [-0.15, -0.1) is 0 Å². The van der Waals surface area contributed by atoms with Gasteiger partial charge < -0.3 is 4.74 Å². The maximum Gasteiger partial charge on any atom is 0.266 e. The Balaban J connectivity index is 2.00. The number of nitrogens with zero attached hydrogens (tertiary/aromatic N) is 3. The van der Waals surface area contributed by atoms with E-state index in [4.69, 9.17) is 4.74 Å². The molecule has 0 saturated carbocycles. The number of fused-ring (bicyclic) bond motifs is 1. The van der Waals surface area contributed by atoms with Gasteiger partial charge in [-0.25, -0.2) is 9.78 Å². The summed E-state index contributed by atoms with van der Waals surface area (Å²) in [6.45, 7) is 8.02. The number of nitrogens with one attached hydrogen (secondary N) is 1. The summed E-state index contributed by atoms with van der Waals surface area (Å²) in [5, 5.41) is 10.4. The highest BCUT2D eigenvalue weighted by molar-refractivity contribution is 6.76. The van der Waals surface area contributed by atoms with E-state index in [1.165, 1.54) is 6.07 Å². The van der Waals surface area contributed by atoms with E-state index >= 15 is 0 Å². The first kappa shape index (κ1) is 13.0. The summed E-state index contributed by atoms with van der Waals surface area (Å²) in [5.41, 5.74) is 1.14. The third-order valence-electron chi connectivity index (χ3n) is 2.62. The van der Waals surface area contributed by atoms with Crippen LogP contribution < -0.4 is 5.56 Å². The van der Waals surface area contributed by atoms with Gasteiger partial charge in [0.25, 0.3) is 5.56 Å². The molecule has 18 heavy (non-hydrogen) atoms. The minimum Gasteiger partial charge on any atom is -0.360 e. The molecule has 0 radical (unpaired) electrons. The van der Waals surface area contributed by atoms with Crippen LogP contribution in [0.4, 0.5) is 0 Å². The van der Waals surface area contributed by atoms with Crippen molar-refractivity contribution in [2.24, 2.45) is 0 Å². The molecule has 0 unspecified atom stereocenters. The molecule has 0 spiro atoms. The predicted molar refractivity (Wildman–Crippen MR) is 72.3 cm³/mol. The molecule has 1 N–H and O–H groups in total. The zero-order valence-corrected chi connectivity index (χ0v) is 11.9. The second-order valence-corrected chi connectivity index (χ2v) is 11.1. The van der Waals surface area contributed by atoms with Crippen LogP contribution in [0.15, 0.2) is 17.1 Å². The molecule has 2 heterocycles. The van der Waals surface area contributed by atoms with Crippen LogP contribution in [-0.2, 0) is 11.5 Å². The summed E-state index contributed by atoms with van der Waals surface area (Å²) < 4.78 is 7.25. The lowest BCUT2D eigenvalue weighted by atomic mass is 10.4. The summed E-state index contributed by atoms with van der Waals surface area (Å²) in [4.78, 5) is 11.2. The summed E-state index contributed by atoms with van der Waals surface area (Å²) in [5.74, 6) is 0. The van der Waals surface area contributed by atoms with Gasteiger partial charge in [0.1, 0.15) is 12.2 Å². The van der Waals surface area contributed by atoms with Crippen molar-refractivity contribution in [3.8, 4) is 0 Å². The zero-order chi connectivity index (χ0) is 13.2. The Kier molecular flexibility index (Phi) is 3.62. The van der Waals surface area contributed by atoms with E-state index in [-0.39, 0.29) is 5.56 Å². The van der Waals surface area contributed by atoms with Crippen molar-refractivity contribution in [2.45, 2.75) is 32.4 Å². The van der Waals surface area contributed by atoms with Crippen LogP contribution >= 0.6 is 0 Å². The predicted octanol–water partition coefficient (Wildman–Crippen LogP) is 1.43. The van der Waals surface area contributed by atoms with E-state index in [9.17, 15) is 4.79 Å². The van der Waals surface area contributed by atoms with Crippen LogP contribution in [0.5, 0.6) is 0 Å². The van der Waals surface area contributed by atoms with Crippen molar-refractivity contribution in [3.05, 3.63) is 22.6 Å². The molecule has 2 aromatic rings. The first-order chi connectivity index (χ1) is 8.46. The Bertz CT molecular complexity index is 584. The second-order valence-electron chi connectivity index (χ2n) is 5.49. The third-order valence-corrected chi connectivity index (χ3v) is 4.33. The van der Waals surface area contributed by atoms with Crippen molar-refractivity contribution < 1.29 is 4.74 Å². The smallest absolute Gasteiger partial charge is 0.266 e. The normalized spacial score (nSPS) is 12.2. The minimum atomic E-state index is -1.06. The van der Waals surface area contributed by atoms with Crippen LogP contribution in [0.25, 0.3) is 11.0 Å². The largest absolute Gasteiger partial charge is 0.360 e. The van der Waals surface area contributed by atoms with Gasteiger partial charge in [0.15, 0.2) is 0 Å². The van der Waals surface area contributed by atoms with Gasteiger partial charge in [0.2, 0.25) is 0 Å². The average Bonchev–Trinajstić information content (AvgIpc) is 2.66. The summed E-state index contributed by atoms with van der Waals surface area (Å²) in [6, 6.07) is 2.60. The Morgan fingerprint density at radius 3 is 2.94 bits per heavy atom. The number of aromatic amines is 1. The van der Waals surface area contributed by atoms with Gasteiger partial charge in [-0.3, -0.25) is 4.79 Å². The Morgan fingerprint density at radius 2 is 2.22 bits per heavy atom. The topological polar surface area (TPSA) is 72.8 Å². The number of rotatable bonds is 5. The van der Waals surface area contributed by atoms with Gasteiger partial charge in [-0.1, -0.05) is 19.6 Å². The monoisotopic (exact) mass is 266 g/mol. The summed E-state index contributed by atoms with van der Waals surface area (Å²) >= 11 is 0. The Hall–Kier alpha value is -1.47. The van der Waals surface area contributed by atoms with E-state index < -0.39 is 8.07 Å². The molecule has 0 aliphatic carbocycles. The van der Waals surface area contributed by atoms with E-state index in [0.29, 0.717) is 17.8 Å². The van der Waals surface area contributed by atoms with Crippen molar-refractivity contribution >= 4 is 19.1 Å². The molecule has 0 aromatic carbocycles. The molecular formula is C11H18N4O2Si. The van der Waals surface area contributed by atoms with Crippen LogP contribution in [0.3, 0.4) is 0 Å². The van der Waals surface area contributed by atoms with Gasteiger partial charge >= 0.3 is 0 Å². The fraction of sp³-hybridized carbons (Fsp3) is 0.545. The standard InChI is InChI=1S/C11H18N4O2Si/c1-18(2,3)5-4-17-8-15-10-6-11(16)14-13-9(10)7-12-15/h6-7H,4-5,8H2,1-3H3,(H,14,16). The molecule has 7 heteroatoms. The van der Waals surface area contributed by atoms with E-state index in [1.54, 1.807) is 10.9 Å². The molecule has 0 bridgehead atoms. The molecule has 0 atom stereocenters. The SMILES string of the molecule is C[Si](C)(C)CCOCn1ncc2n[nH]c(=O)cc21. The first-order valence-corrected chi connectivity index (χ1v) is 9.65. The number of H-pyrrole nitrogens is 1. The zero-order valence-electron chi connectivity index (χ0n) is 10.9. The summed E-state index contributed by atoms with van der Waals surface area (Å²) in [7, 11) is -1.06. The quantitative estimate of drug-likeness (QED) is 0.656. The highest BCUT2D eigenvalue weighted by atomic mass is 28.3. The second kappa shape index (κ2) is 5.03. The van der Waals surface area contributed by atoms with E-state index in [2.05, 4.69) is 34.9 Å². The molecule has 98 valence electrons. The molecular weight excluding hydrogens is 248 g/mol. The van der Waals surface area contributed by atoms with Gasteiger partial charge in [0.05, 0.1) is 11.7 Å². The maximum atomic E-state index is 11.2. The van der Waals surface area contributed by atoms with Crippen molar-refractivity contribution in [3.63, 3.8) is 0 Å². The Labute approximate surface area is 106 Å².